The van der Waals surface area contributed by atoms with Gasteiger partial charge in [-0.15, -0.1) is 5.10 Å². The molecule has 0 fully saturated rings. The highest BCUT2D eigenvalue weighted by Gasteiger charge is 2.23. The molecule has 9 aromatic rings. The Hall–Kier alpha value is -9.69. The number of hydrogen-bond acceptors (Lipinski definition) is 13. The number of carbonyl (C=O) groups excluding carboxylic acids is 4. The second kappa shape index (κ2) is 22.2. The highest BCUT2D eigenvalue weighted by molar-refractivity contribution is 5.97. The second-order valence-corrected chi connectivity index (χ2v) is 18.0. The van der Waals surface area contributed by atoms with Crippen molar-refractivity contribution in [2.24, 2.45) is 0 Å². The summed E-state index contributed by atoms with van der Waals surface area (Å²) in [7, 11) is 5.03. The lowest BCUT2D eigenvalue weighted by atomic mass is 9.86. The van der Waals surface area contributed by atoms with Crippen molar-refractivity contribution in [3.63, 3.8) is 0 Å². The number of pyridine rings is 1. The molecule has 14 heterocycles. The first-order valence-corrected chi connectivity index (χ1v) is 24.4. The molecule has 12 bridgehead atoms. The van der Waals surface area contributed by atoms with E-state index < -0.39 is 23.9 Å². The number of carbonyl (C=O) groups is 4. The van der Waals surface area contributed by atoms with Gasteiger partial charge in [-0.2, -0.15) is 0 Å². The number of nitrogens with zero attached hydrogens (tertiary/aromatic N) is 4. The van der Waals surface area contributed by atoms with Crippen LogP contribution in [0.2, 0.25) is 0 Å². The van der Waals surface area contributed by atoms with Gasteiger partial charge in [-0.25, -0.2) is 24.2 Å². The molecule has 0 amide bonds. The Labute approximate surface area is 438 Å². The van der Waals surface area contributed by atoms with E-state index in [0.29, 0.717) is 18.7 Å². The molecule has 12 aliphatic heterocycles. The topological polar surface area (TPSA) is 167 Å². The van der Waals surface area contributed by atoms with E-state index in [1.165, 1.54) is 52.7 Å². The van der Waals surface area contributed by atoms with Crippen LogP contribution in [-0.2, 0) is 32.1 Å². The highest BCUT2D eigenvalue weighted by atomic mass is 16.5. The van der Waals surface area contributed by atoms with Gasteiger partial charge in [0.05, 0.1) is 74.9 Å². The molecule has 7 aromatic carbocycles. The van der Waals surface area contributed by atoms with Crippen molar-refractivity contribution in [1.82, 2.24) is 20.0 Å². The van der Waals surface area contributed by atoms with Crippen LogP contribution in [0.4, 0.5) is 0 Å². The normalized spacial score (nSPS) is 11.5. The number of benzene rings is 7. The zero-order valence-electron chi connectivity index (χ0n) is 42.0. The fourth-order valence-corrected chi connectivity index (χ4v) is 9.26. The average Bonchev–Trinajstić information content (AvgIpc) is 3.95. The van der Waals surface area contributed by atoms with E-state index in [9.17, 15) is 19.2 Å². The monoisotopic (exact) mass is 1010 g/mol. The zero-order chi connectivity index (χ0) is 52.7. The van der Waals surface area contributed by atoms with Crippen LogP contribution in [0.25, 0.3) is 67.0 Å². The molecule has 0 N–H and O–H groups in total. The summed E-state index contributed by atoms with van der Waals surface area (Å²) in [6.45, 7) is 0.452. The minimum absolute atomic E-state index is 0.0318. The van der Waals surface area contributed by atoms with Crippen molar-refractivity contribution in [3.8, 4) is 78.5 Å². The standard InChI is InChI=1S/C62H50N4O10/c1-71-59(67)48-28-49(60(68)72-2)31-53(30-48)75-36-47(26-27-66-35-52(64-65-66)37-76-54-32-50(61(69)73-3)29-51(33-54)62(70)74-4)56-34-46-24-25-55(56)43-18-22-45(23-19-43)58-7-5-6-57(63-58)44-20-16-41(17-21-44)39-10-8-38(9-11-39)40-12-14-42(46)15-13-40/h5-25,28-35,47H,26-27,36-37H2,1-4H3. The maximum Gasteiger partial charge on any atom is 0.338 e. The third-order valence-electron chi connectivity index (χ3n) is 13.3. The summed E-state index contributed by atoms with van der Waals surface area (Å²) >= 11 is 0. The van der Waals surface area contributed by atoms with Crippen molar-refractivity contribution >= 4 is 23.9 Å². The smallest absolute Gasteiger partial charge is 0.338 e. The van der Waals surface area contributed by atoms with Gasteiger partial charge in [-0.3, -0.25) is 4.68 Å². The van der Waals surface area contributed by atoms with Gasteiger partial charge in [-0.05, 0) is 105 Å². The Balaban J connectivity index is 1.03. The molecule has 0 aliphatic carbocycles. The van der Waals surface area contributed by atoms with Crippen molar-refractivity contribution < 1.29 is 47.6 Å². The first kappa shape index (κ1) is 49.9. The Kier molecular flexibility index (Phi) is 14.6. The number of aryl methyl sites for hydroxylation is 1. The molecule has 14 nitrogen and oxygen atoms in total. The maximum atomic E-state index is 12.9. The fraction of sp³-hybridized carbons (Fsp3) is 0.145. The summed E-state index contributed by atoms with van der Waals surface area (Å²) in [6.07, 6.45) is 2.24. The molecule has 0 radical (unpaired) electrons. The number of hydrogen-bond donors (Lipinski definition) is 0. The Morgan fingerprint density at radius 1 is 0.461 bits per heavy atom. The summed E-state index contributed by atoms with van der Waals surface area (Å²) in [5, 5.41) is 8.82. The first-order valence-electron chi connectivity index (χ1n) is 24.4. The first-order chi connectivity index (χ1) is 37.1. The SMILES string of the molecule is COC(=O)c1cc(OCc2cn(CCC(COc3cc(C(=O)OC)cc(C(=O)OC)c3)c3cc4ccc3-c3ccc(cc3)-c3cccc(n3)-c3ccc(cc3)-c3ccc(cc3)-c3ccc-4cc3)nn2)cc(C(=O)OC)c1. The molecule has 0 saturated carbocycles. The Morgan fingerprint density at radius 2 is 0.868 bits per heavy atom. The Morgan fingerprint density at radius 3 is 1.33 bits per heavy atom. The lowest BCUT2D eigenvalue weighted by Gasteiger charge is -2.23. The van der Waals surface area contributed by atoms with E-state index in [1.807, 2.05) is 18.2 Å². The van der Waals surface area contributed by atoms with Gasteiger partial charge in [0.1, 0.15) is 23.8 Å². The molecule has 378 valence electrons. The number of rotatable bonds is 14. The lowest BCUT2D eigenvalue weighted by molar-refractivity contribution is 0.0580. The fourth-order valence-electron chi connectivity index (χ4n) is 9.26. The van der Waals surface area contributed by atoms with E-state index in [1.54, 1.807) is 23.0 Å². The largest absolute Gasteiger partial charge is 0.493 e. The predicted octanol–water partition coefficient (Wildman–Crippen LogP) is 12.0. The van der Waals surface area contributed by atoms with Crippen LogP contribution in [0.15, 0.2) is 176 Å². The number of methoxy groups -OCH3 is 4. The number of esters is 4. The van der Waals surface area contributed by atoms with Gasteiger partial charge in [-0.1, -0.05) is 127 Å². The summed E-state index contributed by atoms with van der Waals surface area (Å²) in [4.78, 5) is 55.7. The van der Waals surface area contributed by atoms with Crippen molar-refractivity contribution in [2.45, 2.75) is 25.5 Å². The molecule has 1 unspecified atom stereocenters. The van der Waals surface area contributed by atoms with Gasteiger partial charge in [0.25, 0.3) is 0 Å². The van der Waals surface area contributed by atoms with E-state index in [-0.39, 0.29) is 52.9 Å². The van der Waals surface area contributed by atoms with Crippen LogP contribution < -0.4 is 9.47 Å². The van der Waals surface area contributed by atoms with Gasteiger partial charge in [0, 0.05) is 23.6 Å². The number of ether oxygens (including phenoxy) is 6. The minimum Gasteiger partial charge on any atom is -0.493 e. The van der Waals surface area contributed by atoms with Crippen LogP contribution in [-0.4, -0.2) is 78.9 Å². The second-order valence-electron chi connectivity index (χ2n) is 18.0. The molecular weight excluding hydrogens is 961 g/mol. The third-order valence-corrected chi connectivity index (χ3v) is 13.3. The van der Waals surface area contributed by atoms with E-state index in [2.05, 4.69) is 126 Å². The van der Waals surface area contributed by atoms with Crippen LogP contribution in [0.1, 0.15) is 65.0 Å². The molecule has 0 spiro atoms. The predicted molar refractivity (Wildman–Crippen MR) is 286 cm³/mol. The quantitative estimate of drug-likeness (QED) is 0.0746. The maximum absolute atomic E-state index is 12.9. The molecular formula is C62H50N4O10. The molecule has 2 aromatic heterocycles. The van der Waals surface area contributed by atoms with Crippen LogP contribution in [0.5, 0.6) is 11.5 Å². The van der Waals surface area contributed by atoms with Crippen LogP contribution in [0.3, 0.4) is 0 Å². The molecule has 12 aliphatic rings. The van der Waals surface area contributed by atoms with Gasteiger partial charge in [0.15, 0.2) is 0 Å². The highest BCUT2D eigenvalue weighted by Crippen LogP contribution is 2.38. The van der Waals surface area contributed by atoms with E-state index >= 15 is 0 Å². The summed E-state index contributed by atoms with van der Waals surface area (Å²) in [5.74, 6) is -2.40. The average molecular weight is 1010 g/mol. The summed E-state index contributed by atoms with van der Waals surface area (Å²) in [6, 6.07) is 55.3. The molecule has 14 heteroatoms. The van der Waals surface area contributed by atoms with Crippen molar-refractivity contribution in [2.75, 3.05) is 35.0 Å². The molecule has 0 saturated heterocycles. The lowest BCUT2D eigenvalue weighted by Crippen LogP contribution is -2.16. The van der Waals surface area contributed by atoms with Crippen molar-refractivity contribution in [3.05, 3.63) is 210 Å². The molecule has 1 atom stereocenters. The summed E-state index contributed by atoms with van der Waals surface area (Å²) in [5.41, 5.74) is 14.0. The third kappa shape index (κ3) is 11.0. The Bertz CT molecular complexity index is 3540. The molecule has 76 heavy (non-hydrogen) atoms. The minimum atomic E-state index is -0.643. The van der Waals surface area contributed by atoms with Gasteiger partial charge < -0.3 is 28.4 Å². The number of aromatic nitrogens is 4. The van der Waals surface area contributed by atoms with Crippen molar-refractivity contribution in [1.29, 1.82) is 0 Å². The van der Waals surface area contributed by atoms with E-state index in [4.69, 9.17) is 33.4 Å². The van der Waals surface area contributed by atoms with Gasteiger partial charge >= 0.3 is 23.9 Å². The van der Waals surface area contributed by atoms with Gasteiger partial charge in [0.2, 0.25) is 0 Å². The molecule has 21 rings (SSSR count). The van der Waals surface area contributed by atoms with E-state index in [0.717, 1.165) is 72.6 Å². The zero-order valence-corrected chi connectivity index (χ0v) is 42.0. The summed E-state index contributed by atoms with van der Waals surface area (Å²) < 4.78 is 34.2. The van der Waals surface area contributed by atoms with Crippen LogP contribution in [0, 0.1) is 0 Å². The van der Waals surface area contributed by atoms with Crippen LogP contribution >= 0.6 is 0 Å².